The summed E-state index contributed by atoms with van der Waals surface area (Å²) in [5, 5.41) is 0. The fraction of sp³-hybridized carbons (Fsp3) is 1.00. The Labute approximate surface area is 75.2 Å². The first kappa shape index (κ1) is 10.0. The van der Waals surface area contributed by atoms with Crippen molar-refractivity contribution in [3.8, 4) is 0 Å². The van der Waals surface area contributed by atoms with Crippen LogP contribution in [0.25, 0.3) is 0 Å². The van der Waals surface area contributed by atoms with E-state index in [-0.39, 0.29) is 0 Å². The molecule has 12 heavy (non-hydrogen) atoms. The molecule has 0 aromatic carbocycles. The highest BCUT2D eigenvalue weighted by Gasteiger charge is 2.22. The third-order valence-electron chi connectivity index (χ3n) is 2.57. The van der Waals surface area contributed by atoms with Crippen LogP contribution in [0.15, 0.2) is 0 Å². The van der Waals surface area contributed by atoms with E-state index in [9.17, 15) is 0 Å². The van der Waals surface area contributed by atoms with Gasteiger partial charge in [0.25, 0.3) is 0 Å². The highest BCUT2D eigenvalue weighted by atomic mass is 16.5. The molecule has 1 aliphatic heterocycles. The minimum absolute atomic E-state index is 0.471. The van der Waals surface area contributed by atoms with Gasteiger partial charge in [-0.15, -0.1) is 0 Å². The van der Waals surface area contributed by atoms with Gasteiger partial charge in [0.05, 0.1) is 6.10 Å². The Morgan fingerprint density at radius 2 is 2.00 bits per heavy atom. The zero-order valence-electron chi connectivity index (χ0n) is 8.21. The van der Waals surface area contributed by atoms with Crippen LogP contribution in [0.5, 0.6) is 0 Å². The first-order valence-electron chi connectivity index (χ1n) is 5.07. The largest absolute Gasteiger partial charge is 0.381 e. The molecule has 0 amide bonds. The number of rotatable bonds is 4. The maximum Gasteiger partial charge on any atom is 0.0602 e. The molecule has 1 rings (SSSR count). The Kier molecular flexibility index (Phi) is 4.62. The molecule has 72 valence electrons. The van der Waals surface area contributed by atoms with Gasteiger partial charge in [0.2, 0.25) is 0 Å². The monoisotopic (exact) mass is 172 g/mol. The molecule has 1 atom stereocenters. The zero-order chi connectivity index (χ0) is 8.81. The molecule has 1 saturated heterocycles. The smallest absolute Gasteiger partial charge is 0.0602 e. The molecule has 0 unspecified atom stereocenters. The van der Waals surface area contributed by atoms with Crippen molar-refractivity contribution in [1.29, 1.82) is 0 Å². The lowest BCUT2D eigenvalue weighted by Gasteiger charge is -2.29. The summed E-state index contributed by atoms with van der Waals surface area (Å²) in [5.41, 5.74) is 0. The summed E-state index contributed by atoms with van der Waals surface area (Å²) in [7, 11) is 0. The second-order valence-corrected chi connectivity index (χ2v) is 3.35. The minimum atomic E-state index is 0.471. The molecule has 0 bridgehead atoms. The third-order valence-corrected chi connectivity index (χ3v) is 2.57. The van der Waals surface area contributed by atoms with Gasteiger partial charge in [-0.05, 0) is 32.1 Å². The highest BCUT2D eigenvalue weighted by Crippen LogP contribution is 2.22. The molecule has 2 nitrogen and oxygen atoms in total. The van der Waals surface area contributed by atoms with Gasteiger partial charge in [0, 0.05) is 19.8 Å². The van der Waals surface area contributed by atoms with Gasteiger partial charge in [0.15, 0.2) is 0 Å². The van der Waals surface area contributed by atoms with Gasteiger partial charge in [-0.1, -0.05) is 6.92 Å². The normalized spacial score (nSPS) is 22.5. The average Bonchev–Trinajstić information content (AvgIpc) is 2.15. The van der Waals surface area contributed by atoms with Crippen LogP contribution >= 0.6 is 0 Å². The Bertz CT molecular complexity index is 106. The number of ether oxygens (including phenoxy) is 2. The second-order valence-electron chi connectivity index (χ2n) is 3.35. The van der Waals surface area contributed by atoms with Crippen molar-refractivity contribution < 1.29 is 9.47 Å². The van der Waals surface area contributed by atoms with Gasteiger partial charge in [-0.25, -0.2) is 0 Å². The van der Waals surface area contributed by atoms with Crippen molar-refractivity contribution in [3.63, 3.8) is 0 Å². The molecule has 0 radical (unpaired) electrons. The van der Waals surface area contributed by atoms with Crippen molar-refractivity contribution in [3.05, 3.63) is 0 Å². The summed E-state index contributed by atoms with van der Waals surface area (Å²) >= 11 is 0. The highest BCUT2D eigenvalue weighted by molar-refractivity contribution is 4.71. The first-order chi connectivity index (χ1) is 5.88. The molecule has 1 aliphatic rings. The van der Waals surface area contributed by atoms with E-state index >= 15 is 0 Å². The zero-order valence-corrected chi connectivity index (χ0v) is 8.21. The summed E-state index contributed by atoms with van der Waals surface area (Å²) in [6.45, 7) is 6.97. The summed E-state index contributed by atoms with van der Waals surface area (Å²) in [6, 6.07) is 0. The third kappa shape index (κ3) is 2.76. The molecule has 1 fully saturated rings. The van der Waals surface area contributed by atoms with E-state index < -0.39 is 0 Å². The number of hydrogen-bond donors (Lipinski definition) is 0. The van der Waals surface area contributed by atoms with Crippen molar-refractivity contribution in [2.75, 3.05) is 19.8 Å². The fourth-order valence-electron chi connectivity index (χ4n) is 1.89. The molecule has 0 aliphatic carbocycles. The first-order valence-corrected chi connectivity index (χ1v) is 5.07. The lowest BCUT2D eigenvalue weighted by atomic mass is 9.92. The van der Waals surface area contributed by atoms with E-state index in [0.717, 1.165) is 32.2 Å². The predicted octanol–water partition coefficient (Wildman–Crippen LogP) is 2.23. The number of hydrogen-bond acceptors (Lipinski definition) is 2. The van der Waals surface area contributed by atoms with Crippen molar-refractivity contribution in [2.45, 2.75) is 39.2 Å². The van der Waals surface area contributed by atoms with Crippen LogP contribution in [-0.4, -0.2) is 25.9 Å². The second kappa shape index (κ2) is 5.55. The van der Waals surface area contributed by atoms with Crippen LogP contribution in [0.3, 0.4) is 0 Å². The molecule has 0 saturated carbocycles. The van der Waals surface area contributed by atoms with Crippen molar-refractivity contribution in [2.24, 2.45) is 5.92 Å². The minimum Gasteiger partial charge on any atom is -0.381 e. The van der Waals surface area contributed by atoms with Gasteiger partial charge in [-0.2, -0.15) is 0 Å². The Hall–Kier alpha value is -0.0800. The van der Waals surface area contributed by atoms with E-state index in [1.165, 1.54) is 12.8 Å². The molecule has 0 aromatic rings. The summed E-state index contributed by atoms with van der Waals surface area (Å²) < 4.78 is 11.0. The van der Waals surface area contributed by atoms with Crippen LogP contribution in [0.2, 0.25) is 0 Å². The summed E-state index contributed by atoms with van der Waals surface area (Å²) in [6.07, 6.45) is 3.97. The molecule has 0 N–H and O–H groups in total. The van der Waals surface area contributed by atoms with E-state index in [1.54, 1.807) is 0 Å². The van der Waals surface area contributed by atoms with Gasteiger partial charge in [0.1, 0.15) is 0 Å². The quantitative estimate of drug-likeness (QED) is 0.647. The molecule has 0 spiro atoms. The van der Waals surface area contributed by atoms with Gasteiger partial charge in [-0.3, -0.25) is 0 Å². The predicted molar refractivity (Wildman–Crippen MR) is 49.2 cm³/mol. The van der Waals surface area contributed by atoms with Crippen LogP contribution in [0, 0.1) is 5.92 Å². The Balaban J connectivity index is 2.29. The lowest BCUT2D eigenvalue weighted by Crippen LogP contribution is -2.29. The van der Waals surface area contributed by atoms with Crippen LogP contribution in [0.1, 0.15) is 33.1 Å². The summed E-state index contributed by atoms with van der Waals surface area (Å²) in [5.74, 6) is 0.740. The lowest BCUT2D eigenvalue weighted by molar-refractivity contribution is -0.0310. The van der Waals surface area contributed by atoms with Crippen LogP contribution < -0.4 is 0 Å². The molecule has 0 aromatic heterocycles. The van der Waals surface area contributed by atoms with E-state index in [4.69, 9.17) is 9.47 Å². The Morgan fingerprint density at radius 3 is 2.50 bits per heavy atom. The maximum absolute atomic E-state index is 5.68. The molecular weight excluding hydrogens is 152 g/mol. The average molecular weight is 172 g/mol. The fourth-order valence-corrected chi connectivity index (χ4v) is 1.89. The van der Waals surface area contributed by atoms with Crippen molar-refractivity contribution in [1.82, 2.24) is 0 Å². The van der Waals surface area contributed by atoms with Crippen LogP contribution in [-0.2, 0) is 9.47 Å². The maximum atomic E-state index is 5.68. The van der Waals surface area contributed by atoms with E-state index in [2.05, 4.69) is 13.8 Å². The summed E-state index contributed by atoms with van der Waals surface area (Å²) in [4.78, 5) is 0. The molecule has 1 heterocycles. The van der Waals surface area contributed by atoms with Gasteiger partial charge >= 0.3 is 0 Å². The topological polar surface area (TPSA) is 18.5 Å². The van der Waals surface area contributed by atoms with Crippen LogP contribution in [0.4, 0.5) is 0 Å². The Morgan fingerprint density at radius 1 is 1.33 bits per heavy atom. The standard InChI is InChI=1S/C10H20O2/c1-3-10(12-4-2)9-5-7-11-8-6-9/h9-10H,3-8H2,1-2H3/t10-/m0/s1. The molecule has 2 heteroatoms. The van der Waals surface area contributed by atoms with Crippen molar-refractivity contribution >= 4 is 0 Å². The SMILES string of the molecule is CCO[C@@H](CC)C1CCOCC1. The van der Waals surface area contributed by atoms with E-state index in [1.807, 2.05) is 0 Å². The molecular formula is C10H20O2. The van der Waals surface area contributed by atoms with Gasteiger partial charge < -0.3 is 9.47 Å². The van der Waals surface area contributed by atoms with E-state index in [0.29, 0.717) is 6.10 Å².